The number of unbranched alkanes of at least 4 members (excludes halogenated alkanes) is 1. The zero-order chi connectivity index (χ0) is 43.1. The van der Waals surface area contributed by atoms with E-state index >= 15 is 0 Å². The highest BCUT2D eigenvalue weighted by atomic mass is 16.4. The molecule has 0 saturated carbocycles. The molecular weight excluding hydrogens is 742 g/mol. The fourth-order valence-corrected chi connectivity index (χ4v) is 5.58. The van der Waals surface area contributed by atoms with Gasteiger partial charge in [-0.2, -0.15) is 0 Å². The van der Waals surface area contributed by atoms with Crippen LogP contribution in [-0.4, -0.2) is 118 Å². The minimum atomic E-state index is -1.38. The molecule has 22 nitrogen and oxygen atoms in total. The van der Waals surface area contributed by atoms with Crippen molar-refractivity contribution in [2.24, 2.45) is 56.2 Å². The largest absolute Gasteiger partial charge is 0.480 e. The molecule has 1 aromatic heterocycles. The molecule has 0 spiro atoms. The summed E-state index contributed by atoms with van der Waals surface area (Å²) in [5, 5.41) is 23.1. The number of hydrogen-bond acceptors (Lipinski definition) is 11. The summed E-state index contributed by atoms with van der Waals surface area (Å²) in [4.78, 5) is 94.5. The standard InChI is InChI=1S/C35H65N15O7/c1-19(2)15-25(48-32(55)27(20(3)4)50-28(51)22(37)9-5-6-12-36)31(54)47-23(10-7-13-43-34(38)39)29(52)46-24(11-8-14-44-35(40)41)30(53)49-26(33(56)57)16-21-17-42-18-45-21/h17-20,22-27H,5-16,36-37H2,1-4H3,(H,42,45)(H,46,52)(H,47,54)(H,48,55)(H,49,53)(H,50,51)(H,56,57)(H4,38,39,43)(H4,40,41,44)/t22-,23-,24-,25-,26-,27-/m0/s1. The molecule has 0 radical (unpaired) electrons. The number of rotatable bonds is 28. The monoisotopic (exact) mass is 808 g/mol. The SMILES string of the molecule is CC(C)C[C@H](NC(=O)[C@@H](NC(=O)[C@@H](N)CCCCN)C(C)C)C(=O)N[C@@H](CCCN=C(N)N)C(=O)N[C@@H](CCCN=C(N)N)C(=O)N[C@@H](Cc1cnc[nH]1)C(=O)O. The second-order valence-corrected chi connectivity index (χ2v) is 14.5. The molecule has 5 amide bonds. The number of nitrogens with one attached hydrogen (secondary N) is 6. The predicted molar refractivity (Wildman–Crippen MR) is 215 cm³/mol. The van der Waals surface area contributed by atoms with Crippen molar-refractivity contribution in [3.05, 3.63) is 18.2 Å². The summed E-state index contributed by atoms with van der Waals surface area (Å²) < 4.78 is 0. The van der Waals surface area contributed by atoms with Crippen molar-refractivity contribution in [2.45, 2.75) is 122 Å². The number of aliphatic carboxylic acids is 1. The van der Waals surface area contributed by atoms with Crippen LogP contribution in [0.15, 0.2) is 22.5 Å². The number of carboxylic acid groups (broad SMARTS) is 1. The van der Waals surface area contributed by atoms with Gasteiger partial charge in [0.1, 0.15) is 30.2 Å². The van der Waals surface area contributed by atoms with Crippen molar-refractivity contribution in [3.63, 3.8) is 0 Å². The summed E-state index contributed by atoms with van der Waals surface area (Å²) in [6.45, 7) is 7.82. The Balaban J connectivity index is 3.34. The summed E-state index contributed by atoms with van der Waals surface area (Å²) in [7, 11) is 0. The van der Waals surface area contributed by atoms with Gasteiger partial charge in [0.2, 0.25) is 29.5 Å². The number of aliphatic imine (C=N–C) groups is 2. The van der Waals surface area contributed by atoms with Gasteiger partial charge in [-0.15, -0.1) is 0 Å². The maximum absolute atomic E-state index is 13.9. The molecule has 22 heteroatoms. The molecule has 0 unspecified atom stereocenters. The van der Waals surface area contributed by atoms with E-state index in [1.54, 1.807) is 13.8 Å². The molecular formula is C35H65N15O7. The third-order valence-electron chi connectivity index (χ3n) is 8.64. The van der Waals surface area contributed by atoms with Gasteiger partial charge in [-0.05, 0) is 63.3 Å². The molecule has 57 heavy (non-hydrogen) atoms. The van der Waals surface area contributed by atoms with Crippen LogP contribution in [0.5, 0.6) is 0 Å². The van der Waals surface area contributed by atoms with E-state index in [2.05, 4.69) is 46.5 Å². The van der Waals surface area contributed by atoms with E-state index < -0.39 is 71.8 Å². The highest BCUT2D eigenvalue weighted by Gasteiger charge is 2.34. The van der Waals surface area contributed by atoms with Crippen molar-refractivity contribution < 1.29 is 33.9 Å². The molecule has 1 aromatic rings. The van der Waals surface area contributed by atoms with Crippen molar-refractivity contribution in [2.75, 3.05) is 19.6 Å². The molecule has 19 N–H and O–H groups in total. The van der Waals surface area contributed by atoms with Crippen molar-refractivity contribution in [3.8, 4) is 0 Å². The molecule has 0 aliphatic rings. The maximum Gasteiger partial charge on any atom is 0.326 e. The topological polar surface area (TPSA) is 392 Å². The fourth-order valence-electron chi connectivity index (χ4n) is 5.58. The van der Waals surface area contributed by atoms with E-state index in [9.17, 15) is 33.9 Å². The minimum absolute atomic E-state index is 0.00331. The number of nitrogens with two attached hydrogens (primary N) is 6. The Hall–Kier alpha value is -5.51. The smallest absolute Gasteiger partial charge is 0.326 e. The van der Waals surface area contributed by atoms with Crippen molar-refractivity contribution >= 4 is 47.4 Å². The van der Waals surface area contributed by atoms with Gasteiger partial charge >= 0.3 is 5.97 Å². The molecule has 0 saturated heterocycles. The second-order valence-electron chi connectivity index (χ2n) is 14.5. The number of H-pyrrole nitrogens is 1. The Kier molecular flexibility index (Phi) is 22.9. The second kappa shape index (κ2) is 26.4. The first-order chi connectivity index (χ1) is 26.9. The Labute approximate surface area is 333 Å². The number of amides is 5. The highest BCUT2D eigenvalue weighted by molar-refractivity contribution is 5.96. The fraction of sp³-hybridized carbons (Fsp3) is 0.686. The van der Waals surface area contributed by atoms with Gasteiger partial charge in [-0.25, -0.2) is 9.78 Å². The van der Waals surface area contributed by atoms with Crippen LogP contribution in [0.4, 0.5) is 0 Å². The number of carbonyl (C=O) groups excluding carboxylic acids is 5. The first kappa shape index (κ1) is 49.5. The summed E-state index contributed by atoms with van der Waals surface area (Å²) in [6.07, 6.45) is 4.97. The van der Waals surface area contributed by atoms with Crippen LogP contribution in [0.25, 0.3) is 0 Å². The number of imidazole rings is 1. The maximum atomic E-state index is 13.9. The third-order valence-corrected chi connectivity index (χ3v) is 8.64. The summed E-state index contributed by atoms with van der Waals surface area (Å²) in [5.74, 6) is -5.58. The lowest BCUT2D eigenvalue weighted by atomic mass is 9.98. The number of aromatic amines is 1. The van der Waals surface area contributed by atoms with E-state index in [0.717, 1.165) is 0 Å². The van der Waals surface area contributed by atoms with E-state index in [0.29, 0.717) is 31.5 Å². The summed E-state index contributed by atoms with van der Waals surface area (Å²) in [5.41, 5.74) is 33.8. The van der Waals surface area contributed by atoms with Gasteiger partial charge in [0.25, 0.3) is 0 Å². The number of carboxylic acids is 1. The van der Waals surface area contributed by atoms with E-state index in [4.69, 9.17) is 34.4 Å². The van der Waals surface area contributed by atoms with Crippen LogP contribution < -0.4 is 61.0 Å². The number of carbonyl (C=O) groups is 6. The molecule has 1 heterocycles. The predicted octanol–water partition coefficient (Wildman–Crippen LogP) is -3.27. The van der Waals surface area contributed by atoms with Gasteiger partial charge in [-0.1, -0.05) is 34.1 Å². The minimum Gasteiger partial charge on any atom is -0.480 e. The normalized spacial score (nSPS) is 14.2. The van der Waals surface area contributed by atoms with Crippen molar-refractivity contribution in [1.82, 2.24) is 36.6 Å². The number of hydrogen-bond donors (Lipinski definition) is 13. The Morgan fingerprint density at radius 1 is 0.702 bits per heavy atom. The van der Waals surface area contributed by atoms with Crippen LogP contribution in [0.3, 0.4) is 0 Å². The molecule has 0 bridgehead atoms. The first-order valence-electron chi connectivity index (χ1n) is 19.1. The van der Waals surface area contributed by atoms with Crippen LogP contribution in [-0.2, 0) is 35.2 Å². The molecule has 6 atom stereocenters. The zero-order valence-electron chi connectivity index (χ0n) is 33.5. The third kappa shape index (κ3) is 20.3. The summed E-state index contributed by atoms with van der Waals surface area (Å²) >= 11 is 0. The molecule has 0 aromatic carbocycles. The van der Waals surface area contributed by atoms with E-state index in [1.165, 1.54) is 12.5 Å². The van der Waals surface area contributed by atoms with Gasteiger partial charge in [0.05, 0.1) is 12.4 Å². The van der Waals surface area contributed by atoms with Crippen molar-refractivity contribution in [1.29, 1.82) is 0 Å². The van der Waals surface area contributed by atoms with Crippen LogP contribution in [0.2, 0.25) is 0 Å². The molecule has 322 valence electrons. The molecule has 0 aliphatic carbocycles. The van der Waals surface area contributed by atoms with Gasteiger partial charge in [-0.3, -0.25) is 34.0 Å². The quantitative estimate of drug-likeness (QED) is 0.0225. The number of nitrogens with zero attached hydrogens (tertiary/aromatic N) is 3. The average Bonchev–Trinajstić information content (AvgIpc) is 3.64. The Morgan fingerprint density at radius 3 is 1.65 bits per heavy atom. The van der Waals surface area contributed by atoms with Crippen LogP contribution in [0, 0.1) is 11.8 Å². The van der Waals surface area contributed by atoms with Gasteiger partial charge in [0, 0.05) is 31.4 Å². The lowest BCUT2D eigenvalue weighted by Gasteiger charge is -2.28. The van der Waals surface area contributed by atoms with Gasteiger partial charge < -0.3 is 71.1 Å². The summed E-state index contributed by atoms with van der Waals surface area (Å²) in [6, 6.07) is -6.95. The van der Waals surface area contributed by atoms with Crippen LogP contribution in [0.1, 0.15) is 84.8 Å². The average molecular weight is 808 g/mol. The first-order valence-corrected chi connectivity index (χ1v) is 19.1. The number of guanidine groups is 2. The zero-order valence-corrected chi connectivity index (χ0v) is 33.5. The molecule has 0 fully saturated rings. The van der Waals surface area contributed by atoms with E-state index in [-0.39, 0.29) is 75.4 Å². The molecule has 1 rings (SSSR count). The Morgan fingerprint density at radius 2 is 1.21 bits per heavy atom. The lowest BCUT2D eigenvalue weighted by Crippen LogP contribution is -2.60. The van der Waals surface area contributed by atoms with Crippen LogP contribution >= 0.6 is 0 Å². The Bertz CT molecular complexity index is 1480. The van der Waals surface area contributed by atoms with E-state index in [1.807, 2.05) is 13.8 Å². The number of aromatic nitrogens is 2. The molecule has 0 aliphatic heterocycles. The lowest BCUT2D eigenvalue weighted by molar-refractivity contribution is -0.142. The highest BCUT2D eigenvalue weighted by Crippen LogP contribution is 2.11. The van der Waals surface area contributed by atoms with Gasteiger partial charge in [0.15, 0.2) is 11.9 Å².